The number of alkyl halides is 3. The van der Waals surface area contributed by atoms with Gasteiger partial charge in [0.2, 0.25) is 0 Å². The number of aliphatic carboxylic acids is 1. The lowest BCUT2D eigenvalue weighted by molar-refractivity contribution is -0.274. The average Bonchev–Trinajstić information content (AvgIpc) is 3.13. The van der Waals surface area contributed by atoms with E-state index in [0.717, 1.165) is 17.7 Å². The van der Waals surface area contributed by atoms with Crippen LogP contribution in [-0.4, -0.2) is 57.8 Å². The predicted molar refractivity (Wildman–Crippen MR) is 131 cm³/mol. The van der Waals surface area contributed by atoms with E-state index >= 15 is 0 Å². The number of fused-ring (bicyclic) bond motifs is 2. The van der Waals surface area contributed by atoms with E-state index in [9.17, 15) is 27.9 Å². The molecule has 0 aromatic heterocycles. The quantitative estimate of drug-likeness (QED) is 0.449. The summed E-state index contributed by atoms with van der Waals surface area (Å²) in [7, 11) is 0. The Morgan fingerprint density at radius 1 is 0.921 bits per heavy atom. The number of nitrogens with zero attached hydrogens (tertiary/aromatic N) is 2. The molecular formula is C28H25F3N2O5. The molecule has 38 heavy (non-hydrogen) atoms. The van der Waals surface area contributed by atoms with Gasteiger partial charge in [0.25, 0.3) is 5.91 Å². The van der Waals surface area contributed by atoms with Crippen molar-refractivity contribution < 1.29 is 37.3 Å². The Labute approximate surface area is 217 Å². The highest BCUT2D eigenvalue weighted by molar-refractivity contribution is 5.99. The molecule has 2 bridgehead atoms. The van der Waals surface area contributed by atoms with Crippen molar-refractivity contribution in [3.63, 3.8) is 0 Å². The fraction of sp³-hybridized carbons (Fsp3) is 0.286. The van der Waals surface area contributed by atoms with E-state index in [4.69, 9.17) is 4.74 Å². The average molecular weight is 527 g/mol. The van der Waals surface area contributed by atoms with Crippen LogP contribution in [0.4, 0.5) is 13.2 Å². The van der Waals surface area contributed by atoms with Gasteiger partial charge in [-0.3, -0.25) is 9.69 Å². The molecule has 7 nitrogen and oxygen atoms in total. The van der Waals surface area contributed by atoms with E-state index in [2.05, 4.69) is 9.64 Å². The molecule has 0 saturated carbocycles. The summed E-state index contributed by atoms with van der Waals surface area (Å²) in [5, 5.41) is 10.2. The minimum atomic E-state index is -4.78. The number of carbonyl (C=O) groups excluding carboxylic acids is 1. The summed E-state index contributed by atoms with van der Waals surface area (Å²) in [5.41, 5.74) is 0.120. The highest BCUT2D eigenvalue weighted by Crippen LogP contribution is 2.41. The number of likely N-dealkylation sites (tertiary alicyclic amines) is 1. The topological polar surface area (TPSA) is 79.3 Å². The van der Waals surface area contributed by atoms with Gasteiger partial charge in [-0.25, -0.2) is 4.79 Å². The van der Waals surface area contributed by atoms with Crippen molar-refractivity contribution in [2.24, 2.45) is 0 Å². The van der Waals surface area contributed by atoms with Crippen LogP contribution in [0.15, 0.2) is 78.9 Å². The number of rotatable bonds is 7. The van der Waals surface area contributed by atoms with Crippen molar-refractivity contribution in [1.29, 1.82) is 0 Å². The van der Waals surface area contributed by atoms with E-state index < -0.39 is 17.9 Å². The van der Waals surface area contributed by atoms with Crippen LogP contribution in [0, 0.1) is 0 Å². The van der Waals surface area contributed by atoms with Crippen molar-refractivity contribution in [3.8, 4) is 17.2 Å². The van der Waals surface area contributed by atoms with E-state index in [-0.39, 0.29) is 30.0 Å². The Hall–Kier alpha value is -4.05. The maximum Gasteiger partial charge on any atom is 0.573 e. The van der Waals surface area contributed by atoms with E-state index in [1.54, 1.807) is 24.3 Å². The number of hydrogen-bond donors (Lipinski definition) is 1. The number of carbonyl (C=O) groups is 2. The molecule has 198 valence electrons. The Bertz CT molecular complexity index is 1300. The van der Waals surface area contributed by atoms with Gasteiger partial charge in [-0.05, 0) is 66.9 Å². The second kappa shape index (κ2) is 10.0. The molecule has 3 aromatic rings. The van der Waals surface area contributed by atoms with Gasteiger partial charge in [0, 0.05) is 31.2 Å². The van der Waals surface area contributed by atoms with Crippen molar-refractivity contribution in [3.05, 3.63) is 90.0 Å². The highest BCUT2D eigenvalue weighted by Gasteiger charge is 2.58. The number of halogens is 3. The lowest BCUT2D eigenvalue weighted by Crippen LogP contribution is -2.66. The summed E-state index contributed by atoms with van der Waals surface area (Å²) < 4.78 is 46.5. The molecule has 0 radical (unpaired) electrons. The summed E-state index contributed by atoms with van der Waals surface area (Å²) in [6, 6.07) is 20.8. The molecule has 2 aliphatic heterocycles. The second-order valence-corrected chi connectivity index (χ2v) is 9.51. The fourth-order valence-corrected chi connectivity index (χ4v) is 5.32. The molecule has 2 aliphatic rings. The largest absolute Gasteiger partial charge is 0.573 e. The van der Waals surface area contributed by atoms with E-state index in [1.165, 1.54) is 17.0 Å². The maximum atomic E-state index is 13.6. The Morgan fingerprint density at radius 2 is 1.53 bits per heavy atom. The van der Waals surface area contributed by atoms with Gasteiger partial charge in [-0.2, -0.15) is 0 Å². The minimum absolute atomic E-state index is 0.218. The Balaban J connectivity index is 1.28. The molecule has 2 unspecified atom stereocenters. The number of piperazine rings is 1. The smallest absolute Gasteiger partial charge is 0.479 e. The monoisotopic (exact) mass is 526 g/mol. The van der Waals surface area contributed by atoms with Gasteiger partial charge < -0.3 is 19.5 Å². The van der Waals surface area contributed by atoms with Crippen LogP contribution >= 0.6 is 0 Å². The Kier molecular flexibility index (Phi) is 6.75. The van der Waals surface area contributed by atoms with Crippen LogP contribution in [0.3, 0.4) is 0 Å². The van der Waals surface area contributed by atoms with Crippen LogP contribution in [0.5, 0.6) is 17.2 Å². The van der Waals surface area contributed by atoms with E-state index in [1.807, 2.05) is 30.3 Å². The first kappa shape index (κ1) is 25.6. The molecule has 1 N–H and O–H groups in total. The van der Waals surface area contributed by atoms with Gasteiger partial charge in [-0.1, -0.05) is 30.3 Å². The van der Waals surface area contributed by atoms with Gasteiger partial charge in [-0.15, -0.1) is 13.2 Å². The molecule has 0 spiro atoms. The number of benzene rings is 3. The van der Waals surface area contributed by atoms with Crippen LogP contribution in [0.1, 0.15) is 28.8 Å². The summed E-state index contributed by atoms with van der Waals surface area (Å²) in [6.07, 6.45) is -3.78. The van der Waals surface area contributed by atoms with Gasteiger partial charge in [0.15, 0.2) is 5.54 Å². The van der Waals surface area contributed by atoms with Gasteiger partial charge >= 0.3 is 12.3 Å². The third kappa shape index (κ3) is 5.31. The number of carboxylic acids is 1. The first-order chi connectivity index (χ1) is 18.1. The van der Waals surface area contributed by atoms with Gasteiger partial charge in [0.05, 0.1) is 0 Å². The molecule has 2 atom stereocenters. The number of ether oxygens (including phenoxy) is 2. The Morgan fingerprint density at radius 3 is 2.13 bits per heavy atom. The molecule has 5 rings (SSSR count). The van der Waals surface area contributed by atoms with Crippen LogP contribution in [-0.2, 0) is 11.3 Å². The van der Waals surface area contributed by atoms with Crippen LogP contribution < -0.4 is 9.47 Å². The zero-order chi connectivity index (χ0) is 26.9. The van der Waals surface area contributed by atoms with Crippen molar-refractivity contribution in [2.45, 2.75) is 37.3 Å². The first-order valence-electron chi connectivity index (χ1n) is 12.1. The zero-order valence-corrected chi connectivity index (χ0v) is 20.2. The molecule has 2 fully saturated rings. The molecule has 2 saturated heterocycles. The molecule has 10 heteroatoms. The van der Waals surface area contributed by atoms with Crippen molar-refractivity contribution in [2.75, 3.05) is 13.1 Å². The highest BCUT2D eigenvalue weighted by atomic mass is 19.4. The first-order valence-corrected chi connectivity index (χ1v) is 12.1. The fourth-order valence-electron chi connectivity index (χ4n) is 5.32. The number of amides is 1. The summed E-state index contributed by atoms with van der Waals surface area (Å²) in [4.78, 5) is 29.7. The summed E-state index contributed by atoms with van der Waals surface area (Å²) >= 11 is 0. The molecule has 0 aliphatic carbocycles. The molecule has 1 amide bonds. The third-order valence-corrected chi connectivity index (χ3v) is 6.93. The van der Waals surface area contributed by atoms with Gasteiger partial charge in [0.1, 0.15) is 17.2 Å². The molecule has 2 heterocycles. The normalized spacial score (nSPS) is 21.2. The lowest BCUT2D eigenvalue weighted by atomic mass is 9.93. The molecular weight excluding hydrogens is 501 g/mol. The van der Waals surface area contributed by atoms with Crippen LogP contribution in [0.25, 0.3) is 0 Å². The van der Waals surface area contributed by atoms with E-state index in [0.29, 0.717) is 37.2 Å². The number of carboxylic acid groups (broad SMARTS) is 1. The second-order valence-electron chi connectivity index (χ2n) is 9.51. The summed E-state index contributed by atoms with van der Waals surface area (Å²) in [5.74, 6) is -1.07. The maximum absolute atomic E-state index is 13.6. The van der Waals surface area contributed by atoms with Crippen molar-refractivity contribution >= 4 is 11.9 Å². The predicted octanol–water partition coefficient (Wildman–Crippen LogP) is 5.32. The molecule has 3 aromatic carbocycles. The zero-order valence-electron chi connectivity index (χ0n) is 20.2. The summed E-state index contributed by atoms with van der Waals surface area (Å²) in [6.45, 7) is 1.45. The lowest BCUT2D eigenvalue weighted by Gasteiger charge is -2.46. The third-order valence-electron chi connectivity index (χ3n) is 6.93. The minimum Gasteiger partial charge on any atom is -0.479 e. The standard InChI is InChI=1S/C28H25F3N2O5/c29-28(30,31)38-24-12-10-23(11-13-24)37-22-8-6-20(7-9-22)25(34)33-21-14-15-27(33,26(35)36)18-32(17-21)16-19-4-2-1-3-5-19/h1-13,21H,14-18H2,(H,35,36). The SMILES string of the molecule is O=C(c1ccc(Oc2ccc(OC(F)(F)F)cc2)cc1)N1C2CCC1(C(=O)O)CN(Cc1ccccc1)C2. The van der Waals surface area contributed by atoms with Crippen molar-refractivity contribution in [1.82, 2.24) is 9.80 Å². The number of hydrogen-bond acceptors (Lipinski definition) is 5. The van der Waals surface area contributed by atoms with Crippen LogP contribution in [0.2, 0.25) is 0 Å².